The number of hydrogen-bond acceptors (Lipinski definition) is 4. The smallest absolute Gasteiger partial charge is 0.248 e. The Bertz CT molecular complexity index is 714. The summed E-state index contributed by atoms with van der Waals surface area (Å²) < 4.78 is 0. The Morgan fingerprint density at radius 1 is 1.36 bits per heavy atom. The van der Waals surface area contributed by atoms with E-state index in [1.165, 1.54) is 0 Å². The molecule has 5 nitrogen and oxygen atoms in total. The summed E-state index contributed by atoms with van der Waals surface area (Å²) in [5, 5.41) is 3.47. The summed E-state index contributed by atoms with van der Waals surface area (Å²) in [7, 11) is 2.06. The number of rotatable bonds is 3. The van der Waals surface area contributed by atoms with Crippen molar-refractivity contribution in [3.05, 3.63) is 53.2 Å². The molecule has 114 valence electrons. The van der Waals surface area contributed by atoms with E-state index in [0.29, 0.717) is 5.56 Å². The summed E-state index contributed by atoms with van der Waals surface area (Å²) in [5.41, 5.74) is 9.15. The number of fused-ring (bicyclic) bond motifs is 1. The van der Waals surface area contributed by atoms with E-state index in [1.807, 2.05) is 37.3 Å². The van der Waals surface area contributed by atoms with Gasteiger partial charge in [0, 0.05) is 30.5 Å². The number of nitrogens with zero attached hydrogens (tertiary/aromatic N) is 2. The summed E-state index contributed by atoms with van der Waals surface area (Å²) in [5.74, 6) is 0.452. The molecule has 1 aromatic carbocycles. The minimum atomic E-state index is -0.400. The third-order valence-electron chi connectivity index (χ3n) is 4.06. The first-order chi connectivity index (χ1) is 10.5. The number of benzene rings is 1. The van der Waals surface area contributed by atoms with Crippen LogP contribution in [0.4, 0.5) is 11.5 Å². The van der Waals surface area contributed by atoms with Gasteiger partial charge in [-0.3, -0.25) is 4.79 Å². The number of amides is 1. The molecule has 2 heterocycles. The SMILES string of the molecule is Cc1cccc(NC2CCN(C)c3ccc(C(N)=O)cc32)n1. The standard InChI is InChI=1S/C17H20N4O/c1-11-4-3-5-16(19-11)20-14-8-9-21(2)15-7-6-12(17(18)22)10-13(14)15/h3-7,10,14H,8-9H2,1-2H3,(H2,18,22)(H,19,20). The number of primary amides is 1. The Kier molecular flexibility index (Phi) is 3.71. The van der Waals surface area contributed by atoms with E-state index in [9.17, 15) is 4.79 Å². The van der Waals surface area contributed by atoms with Crippen molar-refractivity contribution in [3.63, 3.8) is 0 Å². The van der Waals surface area contributed by atoms with Crippen LogP contribution in [-0.4, -0.2) is 24.5 Å². The van der Waals surface area contributed by atoms with Crippen LogP contribution in [0.5, 0.6) is 0 Å². The lowest BCUT2D eigenvalue weighted by Crippen LogP contribution is -2.30. The fourth-order valence-corrected chi connectivity index (χ4v) is 2.89. The van der Waals surface area contributed by atoms with E-state index in [1.54, 1.807) is 6.07 Å². The molecule has 5 heteroatoms. The van der Waals surface area contributed by atoms with Crippen molar-refractivity contribution < 1.29 is 4.79 Å². The normalized spacial score (nSPS) is 17.0. The molecular formula is C17H20N4O. The van der Waals surface area contributed by atoms with Gasteiger partial charge >= 0.3 is 0 Å². The summed E-state index contributed by atoms with van der Waals surface area (Å²) in [4.78, 5) is 18.2. The second-order valence-electron chi connectivity index (χ2n) is 5.71. The Labute approximate surface area is 130 Å². The molecule has 0 aliphatic carbocycles. The van der Waals surface area contributed by atoms with Gasteiger partial charge in [-0.1, -0.05) is 6.07 Å². The molecule has 0 spiro atoms. The van der Waals surface area contributed by atoms with Crippen LogP contribution in [0.25, 0.3) is 0 Å². The van der Waals surface area contributed by atoms with Gasteiger partial charge in [-0.15, -0.1) is 0 Å². The van der Waals surface area contributed by atoms with Crippen LogP contribution >= 0.6 is 0 Å². The highest BCUT2D eigenvalue weighted by Crippen LogP contribution is 2.35. The summed E-state index contributed by atoms with van der Waals surface area (Å²) in [6.45, 7) is 2.92. The van der Waals surface area contributed by atoms with Gasteiger partial charge in [0.05, 0.1) is 6.04 Å². The molecule has 0 saturated carbocycles. The lowest BCUT2D eigenvalue weighted by atomic mass is 9.94. The zero-order valence-electron chi connectivity index (χ0n) is 12.8. The molecule has 1 atom stereocenters. The maximum atomic E-state index is 11.5. The van der Waals surface area contributed by atoms with Crippen molar-refractivity contribution in [1.29, 1.82) is 0 Å². The lowest BCUT2D eigenvalue weighted by Gasteiger charge is -2.34. The third kappa shape index (κ3) is 2.74. The van der Waals surface area contributed by atoms with Crippen molar-refractivity contribution in [1.82, 2.24) is 4.98 Å². The predicted octanol–water partition coefficient (Wildman–Crippen LogP) is 2.48. The van der Waals surface area contributed by atoms with Crippen LogP contribution in [-0.2, 0) is 0 Å². The summed E-state index contributed by atoms with van der Waals surface area (Å²) >= 11 is 0. The minimum absolute atomic E-state index is 0.125. The van der Waals surface area contributed by atoms with Gasteiger partial charge < -0.3 is 16.0 Å². The molecular weight excluding hydrogens is 276 g/mol. The number of nitrogens with two attached hydrogens (primary N) is 1. The fourth-order valence-electron chi connectivity index (χ4n) is 2.89. The quantitative estimate of drug-likeness (QED) is 0.913. The van der Waals surface area contributed by atoms with Crippen molar-refractivity contribution in [2.45, 2.75) is 19.4 Å². The molecule has 1 aliphatic rings. The van der Waals surface area contributed by atoms with E-state index >= 15 is 0 Å². The van der Waals surface area contributed by atoms with E-state index in [-0.39, 0.29) is 6.04 Å². The number of pyridine rings is 1. The first kappa shape index (κ1) is 14.4. The van der Waals surface area contributed by atoms with Crippen LogP contribution in [0.15, 0.2) is 36.4 Å². The molecule has 0 saturated heterocycles. The number of nitrogens with one attached hydrogen (secondary N) is 1. The van der Waals surface area contributed by atoms with Crippen LogP contribution in [0, 0.1) is 6.92 Å². The van der Waals surface area contributed by atoms with Crippen molar-refractivity contribution in [2.75, 3.05) is 23.8 Å². The first-order valence-corrected chi connectivity index (χ1v) is 7.39. The van der Waals surface area contributed by atoms with Gasteiger partial charge in [0.1, 0.15) is 5.82 Å². The zero-order chi connectivity index (χ0) is 15.7. The Morgan fingerprint density at radius 2 is 2.18 bits per heavy atom. The number of aromatic nitrogens is 1. The van der Waals surface area contributed by atoms with E-state index in [0.717, 1.165) is 35.7 Å². The second-order valence-corrected chi connectivity index (χ2v) is 5.71. The van der Waals surface area contributed by atoms with Crippen molar-refractivity contribution in [3.8, 4) is 0 Å². The molecule has 2 aromatic rings. The van der Waals surface area contributed by atoms with Gasteiger partial charge in [0.25, 0.3) is 0 Å². The van der Waals surface area contributed by atoms with Crippen LogP contribution in [0.2, 0.25) is 0 Å². The molecule has 0 bridgehead atoms. The van der Waals surface area contributed by atoms with Crippen molar-refractivity contribution >= 4 is 17.4 Å². The van der Waals surface area contributed by atoms with Gasteiger partial charge in [-0.25, -0.2) is 4.98 Å². The largest absolute Gasteiger partial charge is 0.374 e. The summed E-state index contributed by atoms with van der Waals surface area (Å²) in [6.07, 6.45) is 0.946. The molecule has 0 radical (unpaired) electrons. The molecule has 1 amide bonds. The molecule has 1 aromatic heterocycles. The third-order valence-corrected chi connectivity index (χ3v) is 4.06. The number of carbonyl (C=O) groups excluding carboxylic acids is 1. The Hall–Kier alpha value is -2.56. The average molecular weight is 296 g/mol. The Morgan fingerprint density at radius 3 is 2.91 bits per heavy atom. The van der Waals surface area contributed by atoms with Crippen LogP contribution in [0.3, 0.4) is 0 Å². The monoisotopic (exact) mass is 296 g/mol. The van der Waals surface area contributed by atoms with Gasteiger partial charge in [-0.2, -0.15) is 0 Å². The predicted molar refractivity (Wildman–Crippen MR) is 88.2 cm³/mol. The fraction of sp³-hybridized carbons (Fsp3) is 0.294. The number of hydrogen-bond donors (Lipinski definition) is 2. The molecule has 1 unspecified atom stereocenters. The maximum absolute atomic E-state index is 11.5. The van der Waals surface area contributed by atoms with E-state index in [4.69, 9.17) is 5.73 Å². The van der Waals surface area contributed by atoms with Crippen molar-refractivity contribution in [2.24, 2.45) is 5.73 Å². The van der Waals surface area contributed by atoms with Crippen LogP contribution < -0.4 is 16.0 Å². The maximum Gasteiger partial charge on any atom is 0.248 e. The lowest BCUT2D eigenvalue weighted by molar-refractivity contribution is 0.1000. The van der Waals surface area contributed by atoms with Crippen LogP contribution in [0.1, 0.15) is 34.1 Å². The number of aryl methyl sites for hydroxylation is 1. The minimum Gasteiger partial charge on any atom is -0.374 e. The molecule has 22 heavy (non-hydrogen) atoms. The highest BCUT2D eigenvalue weighted by Gasteiger charge is 2.24. The van der Waals surface area contributed by atoms with E-state index < -0.39 is 5.91 Å². The highest BCUT2D eigenvalue weighted by molar-refractivity contribution is 5.93. The number of carbonyl (C=O) groups is 1. The van der Waals surface area contributed by atoms with Gasteiger partial charge in [-0.05, 0) is 49.2 Å². The van der Waals surface area contributed by atoms with Gasteiger partial charge in [0.2, 0.25) is 5.91 Å². The molecule has 0 fully saturated rings. The Balaban J connectivity index is 1.96. The zero-order valence-corrected chi connectivity index (χ0v) is 12.8. The number of anilines is 2. The summed E-state index contributed by atoms with van der Waals surface area (Å²) in [6, 6.07) is 11.7. The molecule has 3 N–H and O–H groups in total. The topological polar surface area (TPSA) is 71.2 Å². The van der Waals surface area contributed by atoms with E-state index in [2.05, 4.69) is 22.2 Å². The van der Waals surface area contributed by atoms with Gasteiger partial charge in [0.15, 0.2) is 0 Å². The molecule has 1 aliphatic heterocycles. The second kappa shape index (κ2) is 5.67. The highest BCUT2D eigenvalue weighted by atomic mass is 16.1. The average Bonchev–Trinajstić information content (AvgIpc) is 2.50. The molecule has 3 rings (SSSR count). The first-order valence-electron chi connectivity index (χ1n) is 7.39.